The predicted octanol–water partition coefficient (Wildman–Crippen LogP) is 3.72. The summed E-state index contributed by atoms with van der Waals surface area (Å²) in [5.41, 5.74) is 3.24. The Kier molecular flexibility index (Phi) is 6.62. The lowest BCUT2D eigenvalue weighted by Crippen LogP contribution is -2.49. The number of likely N-dealkylation sites (tertiary alicyclic amines) is 1. The number of carbonyl (C=O) groups is 2. The molecule has 3 amide bonds. The zero-order chi connectivity index (χ0) is 20.9. The molecule has 1 fully saturated rings. The molecule has 2 heterocycles. The minimum Gasteiger partial charge on any atom is -0.472 e. The van der Waals surface area contributed by atoms with E-state index in [1.165, 1.54) is 23.7 Å². The summed E-state index contributed by atoms with van der Waals surface area (Å²) in [5, 5.41) is 5.96. The number of nitrogens with one attached hydrogen (secondary N) is 2. The van der Waals surface area contributed by atoms with Gasteiger partial charge >= 0.3 is 6.03 Å². The third-order valence-electron chi connectivity index (χ3n) is 5.40. The summed E-state index contributed by atoms with van der Waals surface area (Å²) in [6.07, 6.45) is 5.29. The smallest absolute Gasteiger partial charge is 0.315 e. The standard InChI is InChI=1S/C23H31N3O3/c1-23(2,3)19-6-4-17(5-7-19)8-12-24-22(28)25-20-9-13-26(14-10-20)21(27)18-11-15-29-16-18/h4-7,11,15-16,20H,8-10,12-14H2,1-3H3,(H2,24,25,28). The molecule has 6 heteroatoms. The third-order valence-corrected chi connectivity index (χ3v) is 5.40. The van der Waals surface area contributed by atoms with Gasteiger partial charge in [0.1, 0.15) is 6.26 Å². The molecule has 156 valence electrons. The molecule has 0 atom stereocenters. The van der Waals surface area contributed by atoms with E-state index in [1.54, 1.807) is 6.07 Å². The van der Waals surface area contributed by atoms with E-state index in [0.29, 0.717) is 25.2 Å². The van der Waals surface area contributed by atoms with Crippen molar-refractivity contribution in [3.05, 3.63) is 59.5 Å². The first kappa shape index (κ1) is 21.0. The molecule has 1 aromatic carbocycles. The van der Waals surface area contributed by atoms with E-state index in [0.717, 1.165) is 19.3 Å². The highest BCUT2D eigenvalue weighted by molar-refractivity contribution is 5.93. The van der Waals surface area contributed by atoms with Crippen LogP contribution in [0.4, 0.5) is 4.79 Å². The van der Waals surface area contributed by atoms with Gasteiger partial charge in [0.2, 0.25) is 0 Å². The number of urea groups is 1. The molecule has 1 aromatic heterocycles. The Morgan fingerprint density at radius 3 is 2.38 bits per heavy atom. The average molecular weight is 398 g/mol. The Labute approximate surface area is 172 Å². The van der Waals surface area contributed by atoms with Gasteiger partial charge in [-0.25, -0.2) is 4.79 Å². The molecule has 0 saturated carbocycles. The van der Waals surface area contributed by atoms with E-state index in [-0.39, 0.29) is 23.4 Å². The number of carbonyl (C=O) groups excluding carboxylic acids is 2. The number of furan rings is 1. The van der Waals surface area contributed by atoms with Gasteiger partial charge in [0, 0.05) is 25.7 Å². The monoisotopic (exact) mass is 397 g/mol. The first-order valence-electron chi connectivity index (χ1n) is 10.3. The number of hydrogen-bond acceptors (Lipinski definition) is 3. The Bertz CT molecular complexity index is 799. The second-order valence-electron chi connectivity index (χ2n) is 8.68. The Hall–Kier alpha value is -2.76. The fourth-order valence-corrected chi connectivity index (χ4v) is 3.52. The number of hydrogen-bond donors (Lipinski definition) is 2. The third kappa shape index (κ3) is 5.86. The van der Waals surface area contributed by atoms with Crippen LogP contribution in [0.1, 0.15) is 55.1 Å². The topological polar surface area (TPSA) is 74.6 Å². The van der Waals surface area contributed by atoms with Crippen LogP contribution in [0.2, 0.25) is 0 Å². The average Bonchev–Trinajstić information content (AvgIpc) is 3.22. The second kappa shape index (κ2) is 9.16. The number of benzene rings is 1. The van der Waals surface area contributed by atoms with Crippen molar-refractivity contribution in [2.45, 2.75) is 51.5 Å². The lowest BCUT2D eigenvalue weighted by Gasteiger charge is -2.32. The van der Waals surface area contributed by atoms with Crippen LogP contribution in [0.25, 0.3) is 0 Å². The van der Waals surface area contributed by atoms with Gasteiger partial charge in [-0.2, -0.15) is 0 Å². The summed E-state index contributed by atoms with van der Waals surface area (Å²) >= 11 is 0. The fourth-order valence-electron chi connectivity index (χ4n) is 3.52. The summed E-state index contributed by atoms with van der Waals surface area (Å²) in [5.74, 6) is -0.0147. The van der Waals surface area contributed by atoms with Gasteiger partial charge in [-0.1, -0.05) is 45.0 Å². The highest BCUT2D eigenvalue weighted by Crippen LogP contribution is 2.22. The second-order valence-corrected chi connectivity index (χ2v) is 8.68. The first-order chi connectivity index (χ1) is 13.8. The molecule has 29 heavy (non-hydrogen) atoms. The molecule has 1 saturated heterocycles. The van der Waals surface area contributed by atoms with Crippen molar-refractivity contribution < 1.29 is 14.0 Å². The van der Waals surface area contributed by atoms with Crippen LogP contribution < -0.4 is 10.6 Å². The minimum absolute atomic E-state index is 0.0147. The van der Waals surface area contributed by atoms with E-state index in [1.807, 2.05) is 4.90 Å². The van der Waals surface area contributed by atoms with E-state index in [9.17, 15) is 9.59 Å². The molecule has 0 spiro atoms. The Balaban J connectivity index is 1.36. The number of nitrogens with zero attached hydrogens (tertiary/aromatic N) is 1. The maximum absolute atomic E-state index is 12.3. The molecule has 0 aliphatic carbocycles. The quantitative estimate of drug-likeness (QED) is 0.807. The van der Waals surface area contributed by atoms with Crippen LogP contribution >= 0.6 is 0 Å². The van der Waals surface area contributed by atoms with Crippen molar-refractivity contribution >= 4 is 11.9 Å². The van der Waals surface area contributed by atoms with Crippen LogP contribution in [0, 0.1) is 0 Å². The van der Waals surface area contributed by atoms with Crippen LogP contribution in [0.15, 0.2) is 47.3 Å². The molecule has 0 unspecified atom stereocenters. The maximum Gasteiger partial charge on any atom is 0.315 e. The molecule has 1 aliphatic rings. The van der Waals surface area contributed by atoms with Crippen LogP contribution in [-0.4, -0.2) is 42.5 Å². The molecule has 2 aromatic rings. The van der Waals surface area contributed by atoms with E-state index < -0.39 is 0 Å². The maximum atomic E-state index is 12.3. The summed E-state index contributed by atoms with van der Waals surface area (Å²) < 4.78 is 4.98. The van der Waals surface area contributed by atoms with E-state index in [2.05, 4.69) is 55.7 Å². The SMILES string of the molecule is CC(C)(C)c1ccc(CCNC(=O)NC2CCN(C(=O)c3ccoc3)CC2)cc1. The highest BCUT2D eigenvalue weighted by atomic mass is 16.3. The van der Waals surface area contributed by atoms with E-state index >= 15 is 0 Å². The molecule has 0 radical (unpaired) electrons. The molecular formula is C23H31N3O3. The van der Waals surface area contributed by atoms with Gasteiger partial charge in [-0.05, 0) is 41.9 Å². The van der Waals surface area contributed by atoms with Crippen LogP contribution in [0.3, 0.4) is 0 Å². The molecule has 1 aliphatic heterocycles. The van der Waals surface area contributed by atoms with Crippen LogP contribution in [0.5, 0.6) is 0 Å². The fraction of sp³-hybridized carbons (Fsp3) is 0.478. The van der Waals surface area contributed by atoms with Crippen molar-refractivity contribution in [2.75, 3.05) is 19.6 Å². The Morgan fingerprint density at radius 1 is 1.10 bits per heavy atom. The number of piperidine rings is 1. The molecular weight excluding hydrogens is 366 g/mol. The highest BCUT2D eigenvalue weighted by Gasteiger charge is 2.25. The molecule has 0 bridgehead atoms. The number of rotatable bonds is 5. The first-order valence-corrected chi connectivity index (χ1v) is 10.3. The van der Waals surface area contributed by atoms with E-state index in [4.69, 9.17) is 4.42 Å². The summed E-state index contributed by atoms with van der Waals surface area (Å²) in [6.45, 7) is 8.46. The van der Waals surface area contributed by atoms with Crippen molar-refractivity contribution in [2.24, 2.45) is 0 Å². The molecule has 2 N–H and O–H groups in total. The van der Waals surface area contributed by atoms with Gasteiger partial charge in [0.05, 0.1) is 11.8 Å². The largest absolute Gasteiger partial charge is 0.472 e. The van der Waals surface area contributed by atoms with Gasteiger partial charge < -0.3 is 20.0 Å². The Morgan fingerprint density at radius 2 is 1.79 bits per heavy atom. The summed E-state index contributed by atoms with van der Waals surface area (Å²) in [7, 11) is 0. The molecule has 3 rings (SSSR count). The van der Waals surface area contributed by atoms with Gasteiger partial charge in [0.25, 0.3) is 5.91 Å². The normalized spacial score (nSPS) is 15.2. The van der Waals surface area contributed by atoms with Crippen molar-refractivity contribution in [3.63, 3.8) is 0 Å². The summed E-state index contributed by atoms with van der Waals surface area (Å²) in [6, 6.07) is 10.2. The zero-order valence-electron chi connectivity index (χ0n) is 17.5. The van der Waals surface area contributed by atoms with Crippen molar-refractivity contribution in [1.29, 1.82) is 0 Å². The minimum atomic E-state index is -0.143. The van der Waals surface area contributed by atoms with Gasteiger partial charge in [-0.3, -0.25) is 4.79 Å². The van der Waals surface area contributed by atoms with Gasteiger partial charge in [-0.15, -0.1) is 0 Å². The number of amides is 3. The lowest BCUT2D eigenvalue weighted by molar-refractivity contribution is 0.0707. The van der Waals surface area contributed by atoms with Crippen LogP contribution in [-0.2, 0) is 11.8 Å². The van der Waals surface area contributed by atoms with Crippen molar-refractivity contribution in [3.8, 4) is 0 Å². The molecule has 6 nitrogen and oxygen atoms in total. The van der Waals surface area contributed by atoms with Gasteiger partial charge in [0.15, 0.2) is 0 Å². The zero-order valence-corrected chi connectivity index (χ0v) is 17.5. The summed E-state index contributed by atoms with van der Waals surface area (Å²) in [4.78, 5) is 26.3. The van der Waals surface area contributed by atoms with Crippen molar-refractivity contribution in [1.82, 2.24) is 15.5 Å². The lowest BCUT2D eigenvalue weighted by atomic mass is 9.86. The predicted molar refractivity (Wildman–Crippen MR) is 113 cm³/mol.